The van der Waals surface area contributed by atoms with Crippen LogP contribution in [0.15, 0.2) is 22.6 Å². The predicted molar refractivity (Wildman–Crippen MR) is 62.3 cm³/mol. The molecule has 88 valence electrons. The minimum absolute atomic E-state index is 0.163. The molecule has 4 heteroatoms. The van der Waals surface area contributed by atoms with E-state index in [1.807, 2.05) is 0 Å². The predicted octanol–water partition coefficient (Wildman–Crippen LogP) is 2.73. The van der Waals surface area contributed by atoms with E-state index in [1.54, 1.807) is 32.0 Å². The highest BCUT2D eigenvalue weighted by Gasteiger charge is 2.20. The van der Waals surface area contributed by atoms with Crippen LogP contribution in [-0.4, -0.2) is 18.9 Å². The average molecular weight is 232 g/mol. The number of rotatable bonds is 3. The lowest BCUT2D eigenvalue weighted by molar-refractivity contribution is 0.0491. The van der Waals surface area contributed by atoms with Crippen molar-refractivity contribution in [1.82, 2.24) is 0 Å². The number of hydrogen-bond donors (Lipinski definition) is 0. The fourth-order valence-corrected chi connectivity index (χ4v) is 1.82. The molecule has 2 rings (SSSR count). The molecule has 0 radical (unpaired) electrons. The van der Waals surface area contributed by atoms with E-state index in [-0.39, 0.29) is 12.4 Å². The zero-order chi connectivity index (χ0) is 12.4. The number of fused-ring (bicyclic) bond motifs is 1. The Labute approximate surface area is 98.2 Å². The first-order chi connectivity index (χ1) is 8.19. The Kier molecular flexibility index (Phi) is 2.95. The van der Waals surface area contributed by atoms with Gasteiger partial charge >= 0.3 is 5.97 Å². The van der Waals surface area contributed by atoms with E-state index < -0.39 is 5.97 Å². The molecule has 0 fully saturated rings. The lowest BCUT2D eigenvalue weighted by Gasteiger charge is -1.98. The Balaban J connectivity index is 2.65. The van der Waals surface area contributed by atoms with Gasteiger partial charge < -0.3 is 9.15 Å². The van der Waals surface area contributed by atoms with Gasteiger partial charge in [-0.1, -0.05) is 12.1 Å². The van der Waals surface area contributed by atoms with Crippen LogP contribution in [0.2, 0.25) is 0 Å². The standard InChI is InChI=1S/C13H12O4/c1-3-16-13(15)12-8(2)11-9(7-14)5-4-6-10(11)17-12/h4-7H,3H2,1-2H3. The zero-order valence-corrected chi connectivity index (χ0v) is 9.65. The molecule has 0 amide bonds. The van der Waals surface area contributed by atoms with Gasteiger partial charge in [-0.05, 0) is 19.9 Å². The van der Waals surface area contributed by atoms with E-state index in [0.29, 0.717) is 22.1 Å². The molecule has 0 aliphatic carbocycles. The van der Waals surface area contributed by atoms with E-state index >= 15 is 0 Å². The molecule has 1 aromatic heterocycles. The first-order valence-corrected chi connectivity index (χ1v) is 5.33. The highest BCUT2D eigenvalue weighted by Crippen LogP contribution is 2.28. The molecular formula is C13H12O4. The Morgan fingerprint density at radius 1 is 1.47 bits per heavy atom. The van der Waals surface area contributed by atoms with Crippen LogP contribution in [0.25, 0.3) is 11.0 Å². The van der Waals surface area contributed by atoms with E-state index in [4.69, 9.17) is 9.15 Å². The second kappa shape index (κ2) is 4.41. The zero-order valence-electron chi connectivity index (χ0n) is 9.65. The molecule has 1 heterocycles. The van der Waals surface area contributed by atoms with Crippen LogP contribution in [0.5, 0.6) is 0 Å². The van der Waals surface area contributed by atoms with Crippen LogP contribution < -0.4 is 0 Å². The third kappa shape index (κ3) is 1.82. The van der Waals surface area contributed by atoms with E-state index in [1.165, 1.54) is 0 Å². The Bertz CT molecular complexity index is 580. The molecule has 0 saturated heterocycles. The lowest BCUT2D eigenvalue weighted by atomic mass is 10.1. The summed E-state index contributed by atoms with van der Waals surface area (Å²) in [6.45, 7) is 3.76. The van der Waals surface area contributed by atoms with Crippen molar-refractivity contribution >= 4 is 23.2 Å². The molecule has 0 aliphatic rings. The molecule has 0 spiro atoms. The van der Waals surface area contributed by atoms with Crippen LogP contribution in [-0.2, 0) is 4.74 Å². The summed E-state index contributed by atoms with van der Waals surface area (Å²) < 4.78 is 10.3. The highest BCUT2D eigenvalue weighted by atomic mass is 16.5. The average Bonchev–Trinajstić information content (AvgIpc) is 2.67. The third-order valence-electron chi connectivity index (χ3n) is 2.57. The Hall–Kier alpha value is -2.10. The second-order valence-corrected chi connectivity index (χ2v) is 3.61. The van der Waals surface area contributed by atoms with Crippen LogP contribution in [0.1, 0.15) is 33.4 Å². The SMILES string of the molecule is CCOC(=O)c1oc2cccc(C=O)c2c1C. The van der Waals surface area contributed by atoms with Gasteiger partial charge in [-0.15, -0.1) is 0 Å². The summed E-state index contributed by atoms with van der Waals surface area (Å²) in [5.74, 6) is -0.339. The Morgan fingerprint density at radius 2 is 2.24 bits per heavy atom. The molecule has 0 atom stereocenters. The van der Waals surface area contributed by atoms with Crippen molar-refractivity contribution in [2.45, 2.75) is 13.8 Å². The topological polar surface area (TPSA) is 56.5 Å². The van der Waals surface area contributed by atoms with Crippen LogP contribution >= 0.6 is 0 Å². The molecule has 0 bridgehead atoms. The van der Waals surface area contributed by atoms with Crippen LogP contribution in [0, 0.1) is 6.92 Å². The van der Waals surface area contributed by atoms with E-state index in [0.717, 1.165) is 6.29 Å². The van der Waals surface area contributed by atoms with Crippen molar-refractivity contribution < 1.29 is 18.7 Å². The van der Waals surface area contributed by atoms with Crippen LogP contribution in [0.4, 0.5) is 0 Å². The quantitative estimate of drug-likeness (QED) is 0.603. The molecule has 0 N–H and O–H groups in total. The van der Waals surface area contributed by atoms with Gasteiger partial charge in [0.15, 0.2) is 6.29 Å². The third-order valence-corrected chi connectivity index (χ3v) is 2.57. The van der Waals surface area contributed by atoms with Crippen molar-refractivity contribution in [1.29, 1.82) is 0 Å². The number of benzene rings is 1. The summed E-state index contributed by atoms with van der Waals surface area (Å²) in [5, 5.41) is 0.672. The number of hydrogen-bond acceptors (Lipinski definition) is 4. The molecule has 0 saturated carbocycles. The van der Waals surface area contributed by atoms with Gasteiger partial charge in [-0.3, -0.25) is 4.79 Å². The number of carbonyl (C=O) groups is 2. The van der Waals surface area contributed by atoms with Gasteiger partial charge in [-0.25, -0.2) is 4.79 Å². The number of ether oxygens (including phenoxy) is 1. The number of carbonyl (C=O) groups excluding carboxylic acids is 2. The van der Waals surface area contributed by atoms with Gasteiger partial charge in [0, 0.05) is 16.5 Å². The van der Waals surface area contributed by atoms with Crippen molar-refractivity contribution in [3.63, 3.8) is 0 Å². The maximum atomic E-state index is 11.6. The largest absolute Gasteiger partial charge is 0.460 e. The lowest BCUT2D eigenvalue weighted by Crippen LogP contribution is -2.04. The Morgan fingerprint density at radius 3 is 2.88 bits per heavy atom. The number of furan rings is 1. The number of aldehydes is 1. The molecule has 0 aliphatic heterocycles. The van der Waals surface area contributed by atoms with Crippen molar-refractivity contribution in [2.75, 3.05) is 6.61 Å². The minimum atomic E-state index is -0.502. The molecule has 1 aromatic carbocycles. The summed E-state index contributed by atoms with van der Waals surface area (Å²) in [6.07, 6.45) is 0.750. The van der Waals surface area contributed by atoms with E-state index in [9.17, 15) is 9.59 Å². The van der Waals surface area contributed by atoms with Gasteiger partial charge in [-0.2, -0.15) is 0 Å². The molecule has 0 unspecified atom stereocenters. The first-order valence-electron chi connectivity index (χ1n) is 5.33. The highest BCUT2D eigenvalue weighted by molar-refractivity contribution is 6.03. The van der Waals surface area contributed by atoms with Gasteiger partial charge in [0.1, 0.15) is 5.58 Å². The number of esters is 1. The summed E-state index contributed by atoms with van der Waals surface area (Å²) >= 11 is 0. The van der Waals surface area contributed by atoms with Crippen molar-refractivity contribution in [2.24, 2.45) is 0 Å². The van der Waals surface area contributed by atoms with E-state index in [2.05, 4.69) is 0 Å². The number of aryl methyl sites for hydroxylation is 1. The summed E-state index contributed by atoms with van der Waals surface area (Å²) in [5.41, 5.74) is 1.68. The summed E-state index contributed by atoms with van der Waals surface area (Å²) in [4.78, 5) is 22.6. The molecule has 17 heavy (non-hydrogen) atoms. The molecular weight excluding hydrogens is 220 g/mol. The van der Waals surface area contributed by atoms with Gasteiger partial charge in [0.2, 0.25) is 5.76 Å². The summed E-state index contributed by atoms with van der Waals surface area (Å²) in [7, 11) is 0. The summed E-state index contributed by atoms with van der Waals surface area (Å²) in [6, 6.07) is 5.12. The fraction of sp³-hybridized carbons (Fsp3) is 0.231. The normalized spacial score (nSPS) is 10.5. The van der Waals surface area contributed by atoms with Crippen LogP contribution in [0.3, 0.4) is 0 Å². The fourth-order valence-electron chi connectivity index (χ4n) is 1.82. The smallest absolute Gasteiger partial charge is 0.374 e. The maximum absolute atomic E-state index is 11.6. The molecule has 4 nitrogen and oxygen atoms in total. The minimum Gasteiger partial charge on any atom is -0.460 e. The van der Waals surface area contributed by atoms with Gasteiger partial charge in [0.25, 0.3) is 0 Å². The second-order valence-electron chi connectivity index (χ2n) is 3.61. The maximum Gasteiger partial charge on any atom is 0.374 e. The first kappa shape index (κ1) is 11.4. The van der Waals surface area contributed by atoms with Crippen molar-refractivity contribution in [3.8, 4) is 0 Å². The monoisotopic (exact) mass is 232 g/mol. The molecule has 2 aromatic rings. The van der Waals surface area contributed by atoms with Crippen molar-refractivity contribution in [3.05, 3.63) is 35.1 Å². The van der Waals surface area contributed by atoms with Gasteiger partial charge in [0.05, 0.1) is 6.61 Å².